The minimum absolute atomic E-state index is 0.175. The monoisotopic (exact) mass is 405 g/mol. The molecule has 0 aliphatic carbocycles. The second-order valence-electron chi connectivity index (χ2n) is 7.74. The van der Waals surface area contributed by atoms with Gasteiger partial charge in [0.25, 0.3) is 0 Å². The van der Waals surface area contributed by atoms with Crippen LogP contribution in [0.4, 0.5) is 0 Å². The predicted octanol–water partition coefficient (Wildman–Crippen LogP) is 3.11. The molecule has 0 unspecified atom stereocenters. The van der Waals surface area contributed by atoms with Crippen LogP contribution in [0.1, 0.15) is 33.4 Å². The molecule has 0 atom stereocenters. The highest BCUT2D eigenvalue weighted by molar-refractivity contribution is 7.89. The molecule has 0 saturated heterocycles. The molecular formula is C21H31N3O3S. The Kier molecular flexibility index (Phi) is 7.43. The van der Waals surface area contributed by atoms with Crippen LogP contribution in [0.5, 0.6) is 0 Å². The van der Waals surface area contributed by atoms with E-state index >= 15 is 0 Å². The molecule has 6 nitrogen and oxygen atoms in total. The summed E-state index contributed by atoms with van der Waals surface area (Å²) in [6, 6.07) is 11.9. The molecule has 28 heavy (non-hydrogen) atoms. The lowest BCUT2D eigenvalue weighted by Crippen LogP contribution is -2.46. The van der Waals surface area contributed by atoms with E-state index in [-0.39, 0.29) is 29.3 Å². The van der Waals surface area contributed by atoms with Gasteiger partial charge in [-0.25, -0.2) is 8.42 Å². The van der Waals surface area contributed by atoms with E-state index in [9.17, 15) is 13.2 Å². The number of rotatable bonds is 9. The van der Waals surface area contributed by atoms with Gasteiger partial charge in [-0.05, 0) is 44.0 Å². The van der Waals surface area contributed by atoms with E-state index in [0.717, 1.165) is 5.69 Å². The molecule has 1 heterocycles. The van der Waals surface area contributed by atoms with Crippen LogP contribution >= 0.6 is 0 Å². The number of carbonyl (C=O) groups is 1. The zero-order valence-electron chi connectivity index (χ0n) is 17.4. The number of aryl methyl sites for hydroxylation is 1. The summed E-state index contributed by atoms with van der Waals surface area (Å²) in [6.45, 7) is 8.53. The summed E-state index contributed by atoms with van der Waals surface area (Å²) in [5.41, 5.74) is 1.01. The quantitative estimate of drug-likeness (QED) is 0.644. The summed E-state index contributed by atoms with van der Waals surface area (Å²) in [4.78, 5) is 15.1. The zero-order valence-corrected chi connectivity index (χ0v) is 18.2. The van der Waals surface area contributed by atoms with Gasteiger partial charge >= 0.3 is 0 Å². The molecule has 0 fully saturated rings. The number of aromatic nitrogens is 1. The summed E-state index contributed by atoms with van der Waals surface area (Å²) >= 11 is 0. The van der Waals surface area contributed by atoms with Crippen molar-refractivity contribution >= 4 is 15.9 Å². The Morgan fingerprint density at radius 3 is 2.18 bits per heavy atom. The van der Waals surface area contributed by atoms with Crippen LogP contribution in [0.25, 0.3) is 0 Å². The first-order valence-electron chi connectivity index (χ1n) is 9.57. The lowest BCUT2D eigenvalue weighted by molar-refractivity contribution is -0.132. The van der Waals surface area contributed by atoms with Crippen LogP contribution in [0.15, 0.2) is 53.6 Å². The highest BCUT2D eigenvalue weighted by atomic mass is 32.2. The second kappa shape index (κ2) is 9.39. The molecule has 7 heteroatoms. The van der Waals surface area contributed by atoms with E-state index in [0.29, 0.717) is 13.1 Å². The van der Waals surface area contributed by atoms with Crippen molar-refractivity contribution in [3.8, 4) is 0 Å². The minimum atomic E-state index is -3.75. The molecular weight excluding hydrogens is 374 g/mol. The van der Waals surface area contributed by atoms with Gasteiger partial charge in [0.1, 0.15) is 0 Å². The van der Waals surface area contributed by atoms with Gasteiger partial charge in [-0.1, -0.05) is 32.0 Å². The van der Waals surface area contributed by atoms with E-state index in [2.05, 4.69) is 0 Å². The summed E-state index contributed by atoms with van der Waals surface area (Å²) in [7, 11) is -1.81. The lowest BCUT2D eigenvalue weighted by atomic mass is 10.2. The van der Waals surface area contributed by atoms with Crippen molar-refractivity contribution in [2.45, 2.75) is 45.2 Å². The van der Waals surface area contributed by atoms with Gasteiger partial charge in [0.05, 0.1) is 18.0 Å². The van der Waals surface area contributed by atoms with Gasteiger partial charge in [-0.2, -0.15) is 4.31 Å². The third-order valence-electron chi connectivity index (χ3n) is 4.56. The van der Waals surface area contributed by atoms with Crippen molar-refractivity contribution in [3.05, 3.63) is 54.4 Å². The number of hydrogen-bond acceptors (Lipinski definition) is 3. The van der Waals surface area contributed by atoms with Crippen molar-refractivity contribution in [3.63, 3.8) is 0 Å². The van der Waals surface area contributed by atoms with E-state index < -0.39 is 10.0 Å². The van der Waals surface area contributed by atoms with Crippen LogP contribution in [0.3, 0.4) is 0 Å². The van der Waals surface area contributed by atoms with Crippen molar-refractivity contribution in [2.24, 2.45) is 13.0 Å². The highest BCUT2D eigenvalue weighted by Crippen LogP contribution is 2.19. The smallest absolute Gasteiger partial charge is 0.243 e. The van der Waals surface area contributed by atoms with Crippen LogP contribution in [-0.4, -0.2) is 47.2 Å². The van der Waals surface area contributed by atoms with E-state index in [1.165, 1.54) is 4.31 Å². The fourth-order valence-electron chi connectivity index (χ4n) is 3.06. The van der Waals surface area contributed by atoms with Crippen molar-refractivity contribution in [1.82, 2.24) is 13.8 Å². The first-order chi connectivity index (χ1) is 13.1. The summed E-state index contributed by atoms with van der Waals surface area (Å²) in [5, 5.41) is 0. The molecule has 0 saturated carbocycles. The zero-order chi connectivity index (χ0) is 20.9. The highest BCUT2D eigenvalue weighted by Gasteiger charge is 2.30. The Labute approximate surface area is 168 Å². The van der Waals surface area contributed by atoms with E-state index in [4.69, 9.17) is 0 Å². The molecule has 0 aliphatic heterocycles. The maximum absolute atomic E-state index is 13.1. The topological polar surface area (TPSA) is 62.6 Å². The van der Waals surface area contributed by atoms with E-state index in [1.807, 2.05) is 43.8 Å². The maximum Gasteiger partial charge on any atom is 0.243 e. The number of hydrogen-bond donors (Lipinski definition) is 0. The average molecular weight is 406 g/mol. The molecule has 1 aromatic carbocycles. The van der Waals surface area contributed by atoms with Crippen LogP contribution in [-0.2, 0) is 28.4 Å². The number of sulfonamides is 1. The van der Waals surface area contributed by atoms with Crippen LogP contribution in [0, 0.1) is 5.92 Å². The third kappa shape index (κ3) is 5.45. The maximum atomic E-state index is 13.1. The third-order valence-corrected chi connectivity index (χ3v) is 6.60. The molecule has 0 aliphatic rings. The van der Waals surface area contributed by atoms with Gasteiger partial charge in [0, 0.05) is 31.5 Å². The Bertz CT molecular complexity index is 873. The van der Waals surface area contributed by atoms with Crippen molar-refractivity contribution in [1.29, 1.82) is 0 Å². The first kappa shape index (κ1) is 22.2. The summed E-state index contributed by atoms with van der Waals surface area (Å²) < 4.78 is 29.4. The minimum Gasteiger partial charge on any atom is -0.353 e. The Balaban J connectivity index is 2.26. The van der Waals surface area contributed by atoms with Gasteiger partial charge < -0.3 is 9.47 Å². The lowest BCUT2D eigenvalue weighted by Gasteiger charge is -2.30. The van der Waals surface area contributed by atoms with Crippen LogP contribution in [0.2, 0.25) is 0 Å². The molecule has 1 amide bonds. The van der Waals surface area contributed by atoms with Crippen LogP contribution < -0.4 is 0 Å². The second-order valence-corrected chi connectivity index (χ2v) is 9.63. The van der Waals surface area contributed by atoms with Crippen molar-refractivity contribution < 1.29 is 13.2 Å². The van der Waals surface area contributed by atoms with Gasteiger partial charge in [0.2, 0.25) is 15.9 Å². The molecule has 0 N–H and O–H groups in total. The average Bonchev–Trinajstić information content (AvgIpc) is 3.03. The summed E-state index contributed by atoms with van der Waals surface area (Å²) in [5.74, 6) is 0.0885. The number of nitrogens with zero attached hydrogens (tertiary/aromatic N) is 3. The predicted molar refractivity (Wildman–Crippen MR) is 111 cm³/mol. The van der Waals surface area contributed by atoms with Gasteiger partial charge in [-0.3, -0.25) is 4.79 Å². The summed E-state index contributed by atoms with van der Waals surface area (Å²) in [6.07, 6.45) is 1.94. The first-order valence-corrected chi connectivity index (χ1v) is 11.0. The fourth-order valence-corrected chi connectivity index (χ4v) is 4.67. The standard InChI is InChI=1S/C21H31N3O3S/c1-17(2)14-23(15-19-10-9-13-22(19)5)21(25)16-24(18(3)4)28(26,27)20-11-7-6-8-12-20/h6-13,17-18H,14-16H2,1-5H3. The molecule has 154 valence electrons. The molecule has 0 spiro atoms. The number of amides is 1. The van der Waals surface area contributed by atoms with Gasteiger partial charge in [-0.15, -0.1) is 0 Å². The molecule has 0 bridgehead atoms. The Morgan fingerprint density at radius 1 is 1.04 bits per heavy atom. The Hall–Kier alpha value is -2.12. The van der Waals surface area contributed by atoms with Gasteiger partial charge in [0.15, 0.2) is 0 Å². The molecule has 0 radical (unpaired) electrons. The largest absolute Gasteiger partial charge is 0.353 e. The van der Waals surface area contributed by atoms with Crippen molar-refractivity contribution in [2.75, 3.05) is 13.1 Å². The number of benzene rings is 1. The molecule has 1 aromatic heterocycles. The molecule has 2 aromatic rings. The fraction of sp³-hybridized carbons (Fsp3) is 0.476. The molecule has 2 rings (SSSR count). The van der Waals surface area contributed by atoms with E-state index in [1.54, 1.807) is 49.1 Å². The normalized spacial score (nSPS) is 12.1. The SMILES string of the molecule is CC(C)CN(Cc1cccn1C)C(=O)CN(C(C)C)S(=O)(=O)c1ccccc1. The Morgan fingerprint density at radius 2 is 1.68 bits per heavy atom. The number of carbonyl (C=O) groups excluding carboxylic acids is 1.